The standard InChI is InChI=1S/C26H29Cl2IN2O6/c1-36-11-8-24(33)31(15-16-6-7-18(27)19(28)12-16)21-13-17(26(35)30-9-10-32)14-23(25(21)34)37-22-5-3-2-4-20(22)29/h2-7,12,14,21,23,25,32,34H,8-11,13,15H2,1H3,(H,30,35)/t21-,23+,25+/m1/s1. The Hall–Kier alpha value is -1.89. The molecule has 37 heavy (non-hydrogen) atoms. The first kappa shape index (κ1) is 29.7. The molecule has 0 fully saturated rings. The van der Waals surface area contributed by atoms with Crippen molar-refractivity contribution in [3.8, 4) is 5.75 Å². The molecule has 3 N–H and O–H groups in total. The normalized spacial score (nSPS) is 19.2. The fraction of sp³-hybridized carbons (Fsp3) is 0.385. The van der Waals surface area contributed by atoms with Crippen LogP contribution in [0.4, 0.5) is 0 Å². The van der Waals surface area contributed by atoms with E-state index in [-0.39, 0.29) is 45.1 Å². The van der Waals surface area contributed by atoms with Crippen LogP contribution in [0.5, 0.6) is 5.75 Å². The molecule has 8 nitrogen and oxygen atoms in total. The molecular formula is C26H29Cl2IN2O6. The number of nitrogens with zero attached hydrogens (tertiary/aromatic N) is 1. The van der Waals surface area contributed by atoms with E-state index in [1.54, 1.807) is 30.3 Å². The second-order valence-electron chi connectivity index (χ2n) is 8.46. The molecule has 1 aliphatic carbocycles. The largest absolute Gasteiger partial charge is 0.482 e. The van der Waals surface area contributed by atoms with Gasteiger partial charge in [0.15, 0.2) is 0 Å². The number of hydrogen-bond acceptors (Lipinski definition) is 6. The molecule has 2 aromatic rings. The molecule has 0 radical (unpaired) electrons. The van der Waals surface area contributed by atoms with Gasteiger partial charge in [0.25, 0.3) is 0 Å². The van der Waals surface area contributed by atoms with Gasteiger partial charge in [0.05, 0.1) is 39.3 Å². The van der Waals surface area contributed by atoms with Crippen LogP contribution in [0.1, 0.15) is 18.4 Å². The van der Waals surface area contributed by atoms with Gasteiger partial charge in [-0.3, -0.25) is 9.59 Å². The van der Waals surface area contributed by atoms with Crippen LogP contribution >= 0.6 is 45.8 Å². The Morgan fingerprint density at radius 1 is 1.19 bits per heavy atom. The van der Waals surface area contributed by atoms with E-state index >= 15 is 0 Å². The Bertz CT molecular complexity index is 1130. The van der Waals surface area contributed by atoms with Gasteiger partial charge in [0.2, 0.25) is 11.8 Å². The van der Waals surface area contributed by atoms with Crippen molar-refractivity contribution < 1.29 is 29.3 Å². The van der Waals surface area contributed by atoms with Gasteiger partial charge in [-0.2, -0.15) is 0 Å². The van der Waals surface area contributed by atoms with Gasteiger partial charge < -0.3 is 29.9 Å². The first-order valence-electron chi connectivity index (χ1n) is 11.7. The molecule has 3 rings (SSSR count). The minimum atomic E-state index is -1.14. The molecule has 1 aliphatic rings. The number of para-hydroxylation sites is 1. The van der Waals surface area contributed by atoms with Gasteiger partial charge in [0, 0.05) is 32.2 Å². The lowest BCUT2D eigenvalue weighted by Crippen LogP contribution is -2.55. The summed E-state index contributed by atoms with van der Waals surface area (Å²) in [6.07, 6.45) is -0.299. The molecule has 0 heterocycles. The molecule has 0 unspecified atom stereocenters. The molecule has 0 saturated heterocycles. The molecule has 2 aromatic carbocycles. The summed E-state index contributed by atoms with van der Waals surface area (Å²) in [5.74, 6) is -0.121. The smallest absolute Gasteiger partial charge is 0.247 e. The average Bonchev–Trinajstić information content (AvgIpc) is 2.89. The summed E-state index contributed by atoms with van der Waals surface area (Å²) in [6.45, 7) is 0.182. The highest BCUT2D eigenvalue weighted by atomic mass is 127. The van der Waals surface area contributed by atoms with Crippen molar-refractivity contribution in [1.29, 1.82) is 0 Å². The topological polar surface area (TPSA) is 108 Å². The van der Waals surface area contributed by atoms with Crippen LogP contribution in [0.15, 0.2) is 54.1 Å². The zero-order valence-electron chi connectivity index (χ0n) is 20.2. The summed E-state index contributed by atoms with van der Waals surface area (Å²) in [5, 5.41) is 24.0. The van der Waals surface area contributed by atoms with Crippen molar-refractivity contribution in [3.63, 3.8) is 0 Å². The van der Waals surface area contributed by atoms with E-state index in [1.807, 2.05) is 18.2 Å². The highest BCUT2D eigenvalue weighted by molar-refractivity contribution is 14.1. The summed E-state index contributed by atoms with van der Waals surface area (Å²) in [4.78, 5) is 27.8. The van der Waals surface area contributed by atoms with Crippen molar-refractivity contribution in [1.82, 2.24) is 10.2 Å². The van der Waals surface area contributed by atoms with Gasteiger partial charge in [-0.25, -0.2) is 0 Å². The van der Waals surface area contributed by atoms with Crippen LogP contribution in [0.25, 0.3) is 0 Å². The predicted octanol–water partition coefficient (Wildman–Crippen LogP) is 3.58. The SMILES string of the molecule is COCCC(=O)N(Cc1ccc(Cl)c(Cl)c1)[C@@H]1CC(C(=O)NCCO)=C[C@H](Oc2ccccc2I)[C@H]1O. The lowest BCUT2D eigenvalue weighted by atomic mass is 9.87. The number of ether oxygens (including phenoxy) is 2. The van der Waals surface area contributed by atoms with Gasteiger partial charge in [-0.1, -0.05) is 41.4 Å². The van der Waals surface area contributed by atoms with E-state index in [4.69, 9.17) is 37.8 Å². The predicted molar refractivity (Wildman–Crippen MR) is 150 cm³/mol. The van der Waals surface area contributed by atoms with E-state index in [2.05, 4.69) is 27.9 Å². The van der Waals surface area contributed by atoms with E-state index in [1.165, 1.54) is 12.0 Å². The maximum Gasteiger partial charge on any atom is 0.247 e. The molecule has 0 bridgehead atoms. The molecule has 0 saturated carbocycles. The quantitative estimate of drug-likeness (QED) is 0.318. The van der Waals surface area contributed by atoms with Gasteiger partial charge in [0.1, 0.15) is 18.0 Å². The molecule has 200 valence electrons. The van der Waals surface area contributed by atoms with Gasteiger partial charge in [-0.05, 0) is 58.5 Å². The highest BCUT2D eigenvalue weighted by Crippen LogP contribution is 2.31. The Labute approximate surface area is 239 Å². The number of halogens is 3. The summed E-state index contributed by atoms with van der Waals surface area (Å²) in [5.41, 5.74) is 1.06. The Morgan fingerprint density at radius 3 is 2.62 bits per heavy atom. The monoisotopic (exact) mass is 662 g/mol. The number of methoxy groups -OCH3 is 1. The van der Waals surface area contributed by atoms with Crippen molar-refractivity contribution in [2.24, 2.45) is 0 Å². The van der Waals surface area contributed by atoms with E-state index in [9.17, 15) is 14.7 Å². The van der Waals surface area contributed by atoms with Crippen LogP contribution in [-0.4, -0.2) is 72.0 Å². The second-order valence-corrected chi connectivity index (χ2v) is 10.4. The first-order chi connectivity index (χ1) is 17.7. The van der Waals surface area contributed by atoms with Gasteiger partial charge >= 0.3 is 0 Å². The Balaban J connectivity index is 1.98. The van der Waals surface area contributed by atoms with Crippen molar-refractivity contribution in [3.05, 3.63) is 73.3 Å². The first-order valence-corrected chi connectivity index (χ1v) is 13.5. The average molecular weight is 663 g/mol. The van der Waals surface area contributed by atoms with Gasteiger partial charge in [-0.15, -0.1) is 0 Å². The number of carbonyl (C=O) groups excluding carboxylic acids is 2. The summed E-state index contributed by atoms with van der Waals surface area (Å²) in [6, 6.07) is 11.6. The van der Waals surface area contributed by atoms with Crippen molar-refractivity contribution >= 4 is 57.6 Å². The van der Waals surface area contributed by atoms with Crippen LogP contribution in [0.3, 0.4) is 0 Å². The van der Waals surface area contributed by atoms with Crippen LogP contribution in [0, 0.1) is 3.57 Å². The van der Waals surface area contributed by atoms with Crippen LogP contribution < -0.4 is 10.1 Å². The molecule has 2 amide bonds. The maximum atomic E-state index is 13.4. The third kappa shape index (κ3) is 8.05. The minimum absolute atomic E-state index is 0.0747. The van der Waals surface area contributed by atoms with Crippen LogP contribution in [0.2, 0.25) is 10.0 Å². The fourth-order valence-corrected chi connectivity index (χ4v) is 4.86. The number of hydrogen-bond donors (Lipinski definition) is 3. The fourth-order valence-electron chi connectivity index (χ4n) is 4.02. The molecule has 0 spiro atoms. The zero-order valence-corrected chi connectivity index (χ0v) is 23.9. The second kappa shape index (κ2) is 14.3. The number of aliphatic hydroxyl groups excluding tert-OH is 2. The molecule has 0 aliphatic heterocycles. The Kier molecular flexibility index (Phi) is 11.5. The number of amides is 2. The van der Waals surface area contributed by atoms with E-state index in [0.717, 1.165) is 3.57 Å². The number of benzene rings is 2. The third-order valence-corrected chi connectivity index (χ3v) is 7.52. The van der Waals surface area contributed by atoms with Crippen LogP contribution in [-0.2, 0) is 20.9 Å². The molecule has 11 heteroatoms. The third-order valence-electron chi connectivity index (χ3n) is 5.89. The molecule has 0 aromatic heterocycles. The summed E-state index contributed by atoms with van der Waals surface area (Å²) < 4.78 is 12.1. The lowest BCUT2D eigenvalue weighted by molar-refractivity contribution is -0.140. The minimum Gasteiger partial charge on any atom is -0.482 e. The zero-order chi connectivity index (χ0) is 26.9. The van der Waals surface area contributed by atoms with E-state index < -0.39 is 24.2 Å². The maximum absolute atomic E-state index is 13.4. The number of aliphatic hydroxyl groups is 2. The number of carbonyl (C=O) groups is 2. The highest BCUT2D eigenvalue weighted by Gasteiger charge is 2.40. The summed E-state index contributed by atoms with van der Waals surface area (Å²) in [7, 11) is 1.50. The number of rotatable bonds is 11. The number of nitrogens with one attached hydrogen (secondary N) is 1. The van der Waals surface area contributed by atoms with Crippen molar-refractivity contribution in [2.45, 2.75) is 37.6 Å². The lowest BCUT2D eigenvalue weighted by Gasteiger charge is -2.40. The Morgan fingerprint density at radius 2 is 1.95 bits per heavy atom. The molecular weight excluding hydrogens is 634 g/mol. The van der Waals surface area contributed by atoms with E-state index in [0.29, 0.717) is 26.9 Å². The molecule has 3 atom stereocenters. The van der Waals surface area contributed by atoms with Crippen molar-refractivity contribution in [2.75, 3.05) is 26.9 Å². The summed E-state index contributed by atoms with van der Waals surface area (Å²) >= 11 is 14.4.